The van der Waals surface area contributed by atoms with Crippen LogP contribution in [0.2, 0.25) is 0 Å². The zero-order chi connectivity index (χ0) is 13.8. The highest BCUT2D eigenvalue weighted by molar-refractivity contribution is 5.64. The van der Waals surface area contributed by atoms with Crippen LogP contribution in [0.5, 0.6) is 0 Å². The van der Waals surface area contributed by atoms with Crippen molar-refractivity contribution in [2.24, 2.45) is 7.05 Å². The third-order valence-corrected chi connectivity index (χ3v) is 3.07. The lowest BCUT2D eigenvalue weighted by Gasteiger charge is -2.09. The van der Waals surface area contributed by atoms with E-state index in [0.29, 0.717) is 0 Å². The Morgan fingerprint density at radius 2 is 2.21 bits per heavy atom. The van der Waals surface area contributed by atoms with Gasteiger partial charge in [0.15, 0.2) is 0 Å². The number of nitrogen functional groups attached to an aromatic ring is 1. The molecule has 2 heterocycles. The Hall–Kier alpha value is -1.98. The Balaban J connectivity index is 1.98. The Morgan fingerprint density at radius 1 is 1.42 bits per heavy atom. The maximum atomic E-state index is 6.05. The third kappa shape index (κ3) is 3.07. The first-order valence-electron chi connectivity index (χ1n) is 6.66. The van der Waals surface area contributed by atoms with E-state index >= 15 is 0 Å². The maximum Gasteiger partial charge on any atom is 0.148 e. The molecule has 0 aromatic carbocycles. The smallest absolute Gasteiger partial charge is 0.148 e. The molecule has 104 valence electrons. The number of hydrogen-bond donors (Lipinski definition) is 2. The van der Waals surface area contributed by atoms with Crippen LogP contribution in [0.15, 0.2) is 12.4 Å². The molecule has 0 aliphatic heterocycles. The number of nitrogens with one attached hydrogen (secondary N) is 1. The van der Waals surface area contributed by atoms with Crippen molar-refractivity contribution in [3.8, 4) is 0 Å². The van der Waals surface area contributed by atoms with E-state index in [4.69, 9.17) is 5.73 Å². The summed E-state index contributed by atoms with van der Waals surface area (Å²) in [6, 6.07) is 0. The number of nitrogens with zero attached hydrogens (tertiary/aromatic N) is 4. The fourth-order valence-electron chi connectivity index (χ4n) is 2.08. The highest BCUT2D eigenvalue weighted by Gasteiger charge is 2.11. The van der Waals surface area contributed by atoms with Crippen LogP contribution < -0.4 is 11.1 Å². The van der Waals surface area contributed by atoms with Gasteiger partial charge in [0, 0.05) is 26.3 Å². The first-order chi connectivity index (χ1) is 9.11. The summed E-state index contributed by atoms with van der Waals surface area (Å²) < 4.78 is 3.77. The maximum absolute atomic E-state index is 6.05. The second kappa shape index (κ2) is 5.77. The summed E-state index contributed by atoms with van der Waals surface area (Å²) in [4.78, 5) is 0. The van der Waals surface area contributed by atoms with E-state index in [2.05, 4.69) is 22.4 Å². The van der Waals surface area contributed by atoms with Crippen LogP contribution in [0.25, 0.3) is 0 Å². The molecule has 0 spiro atoms. The number of anilines is 2. The Bertz CT molecular complexity index is 539. The fraction of sp³-hybridized carbons (Fsp3) is 0.538. The number of hydrogen-bond acceptors (Lipinski definition) is 4. The largest absolute Gasteiger partial charge is 0.394 e. The van der Waals surface area contributed by atoms with E-state index in [9.17, 15) is 0 Å². The van der Waals surface area contributed by atoms with Crippen LogP contribution in [0.1, 0.15) is 24.6 Å². The quantitative estimate of drug-likeness (QED) is 0.828. The van der Waals surface area contributed by atoms with Crippen molar-refractivity contribution in [2.45, 2.75) is 33.2 Å². The molecule has 3 N–H and O–H groups in total. The lowest BCUT2D eigenvalue weighted by atomic mass is 10.2. The molecule has 0 saturated carbocycles. The van der Waals surface area contributed by atoms with Crippen molar-refractivity contribution in [1.82, 2.24) is 19.6 Å². The second-order valence-electron chi connectivity index (χ2n) is 4.77. The van der Waals surface area contributed by atoms with Crippen LogP contribution in [0.3, 0.4) is 0 Å². The predicted octanol–water partition coefficient (Wildman–Crippen LogP) is 1.57. The van der Waals surface area contributed by atoms with Crippen LogP contribution in [0.4, 0.5) is 11.5 Å². The molecule has 6 heteroatoms. The standard InChI is InChI=1S/C13H22N6/c1-4-7-19-13(12(14)10(2)17-19)15-6-5-11-8-16-18(3)9-11/h8-9,15H,4-7,14H2,1-3H3. The van der Waals surface area contributed by atoms with E-state index in [1.165, 1.54) is 5.56 Å². The average Bonchev–Trinajstić information content (AvgIpc) is 2.89. The Morgan fingerprint density at radius 3 is 2.84 bits per heavy atom. The van der Waals surface area contributed by atoms with E-state index in [1.807, 2.05) is 35.7 Å². The highest BCUT2D eigenvalue weighted by Crippen LogP contribution is 2.22. The van der Waals surface area contributed by atoms with Crippen molar-refractivity contribution < 1.29 is 0 Å². The van der Waals surface area contributed by atoms with Crippen LogP contribution in [-0.4, -0.2) is 26.1 Å². The van der Waals surface area contributed by atoms with Gasteiger partial charge in [-0.3, -0.25) is 4.68 Å². The second-order valence-corrected chi connectivity index (χ2v) is 4.77. The molecule has 0 bridgehead atoms. The molecule has 0 radical (unpaired) electrons. The van der Waals surface area contributed by atoms with Crippen LogP contribution >= 0.6 is 0 Å². The summed E-state index contributed by atoms with van der Waals surface area (Å²) in [7, 11) is 1.93. The van der Waals surface area contributed by atoms with Gasteiger partial charge in [-0.15, -0.1) is 0 Å². The molecule has 2 aromatic heterocycles. The molecule has 0 unspecified atom stereocenters. The molecule has 2 rings (SSSR count). The molecular formula is C13H22N6. The molecular weight excluding hydrogens is 240 g/mol. The van der Waals surface area contributed by atoms with Gasteiger partial charge in [-0.1, -0.05) is 6.92 Å². The summed E-state index contributed by atoms with van der Waals surface area (Å²) >= 11 is 0. The Labute approximate surface area is 113 Å². The van der Waals surface area contributed by atoms with Gasteiger partial charge in [0.05, 0.1) is 17.6 Å². The van der Waals surface area contributed by atoms with Crippen molar-refractivity contribution in [2.75, 3.05) is 17.6 Å². The van der Waals surface area contributed by atoms with E-state index in [0.717, 1.165) is 43.1 Å². The molecule has 0 saturated heterocycles. The van der Waals surface area contributed by atoms with Crippen molar-refractivity contribution in [3.63, 3.8) is 0 Å². The van der Waals surface area contributed by atoms with Crippen molar-refractivity contribution >= 4 is 11.5 Å². The topological polar surface area (TPSA) is 73.7 Å². The van der Waals surface area contributed by atoms with Crippen molar-refractivity contribution in [3.05, 3.63) is 23.7 Å². The van der Waals surface area contributed by atoms with Gasteiger partial charge in [0.25, 0.3) is 0 Å². The number of aryl methyl sites for hydroxylation is 3. The summed E-state index contributed by atoms with van der Waals surface area (Å²) in [5.41, 5.74) is 8.91. The van der Waals surface area contributed by atoms with Crippen molar-refractivity contribution in [1.29, 1.82) is 0 Å². The Kier molecular flexibility index (Phi) is 4.09. The number of rotatable bonds is 6. The fourth-order valence-corrected chi connectivity index (χ4v) is 2.08. The van der Waals surface area contributed by atoms with Crippen LogP contribution in [-0.2, 0) is 20.0 Å². The first-order valence-corrected chi connectivity index (χ1v) is 6.66. The van der Waals surface area contributed by atoms with E-state index < -0.39 is 0 Å². The van der Waals surface area contributed by atoms with Gasteiger partial charge in [-0.25, -0.2) is 4.68 Å². The molecule has 0 atom stereocenters. The highest BCUT2D eigenvalue weighted by atomic mass is 15.3. The van der Waals surface area contributed by atoms with Gasteiger partial charge >= 0.3 is 0 Å². The zero-order valence-electron chi connectivity index (χ0n) is 11.8. The molecule has 6 nitrogen and oxygen atoms in total. The van der Waals surface area contributed by atoms with Crippen LogP contribution in [0, 0.1) is 6.92 Å². The summed E-state index contributed by atoms with van der Waals surface area (Å²) in [5.74, 6) is 0.934. The minimum atomic E-state index is 0.750. The minimum absolute atomic E-state index is 0.750. The monoisotopic (exact) mass is 262 g/mol. The minimum Gasteiger partial charge on any atom is -0.394 e. The summed E-state index contributed by atoms with van der Waals surface area (Å²) in [6.45, 7) is 5.78. The van der Waals surface area contributed by atoms with E-state index in [-0.39, 0.29) is 0 Å². The number of nitrogens with two attached hydrogens (primary N) is 1. The summed E-state index contributed by atoms with van der Waals surface area (Å²) in [5, 5.41) is 12.0. The SMILES string of the molecule is CCCn1nc(C)c(N)c1NCCc1cnn(C)c1. The van der Waals surface area contributed by atoms with Gasteiger partial charge in [0.2, 0.25) is 0 Å². The lowest BCUT2D eigenvalue weighted by molar-refractivity contribution is 0.603. The van der Waals surface area contributed by atoms with E-state index in [1.54, 1.807) is 0 Å². The van der Waals surface area contributed by atoms with Gasteiger partial charge in [0.1, 0.15) is 5.82 Å². The van der Waals surface area contributed by atoms with Gasteiger partial charge < -0.3 is 11.1 Å². The third-order valence-electron chi connectivity index (χ3n) is 3.07. The molecule has 0 aliphatic rings. The molecule has 0 amide bonds. The molecule has 2 aromatic rings. The molecule has 19 heavy (non-hydrogen) atoms. The number of aromatic nitrogens is 4. The molecule has 0 fully saturated rings. The summed E-state index contributed by atoms with van der Waals surface area (Å²) in [6.07, 6.45) is 5.88. The predicted molar refractivity (Wildman–Crippen MR) is 77.1 cm³/mol. The zero-order valence-corrected chi connectivity index (χ0v) is 11.8. The average molecular weight is 262 g/mol. The molecule has 0 aliphatic carbocycles. The normalized spacial score (nSPS) is 10.9. The lowest BCUT2D eigenvalue weighted by Crippen LogP contribution is -2.11. The first kappa shape index (κ1) is 13.5. The van der Waals surface area contributed by atoms with Gasteiger partial charge in [-0.2, -0.15) is 10.2 Å². The van der Waals surface area contributed by atoms with Gasteiger partial charge in [-0.05, 0) is 25.3 Å².